The smallest absolute Gasteiger partial charge is 0.173 e. The Labute approximate surface area is 115 Å². The summed E-state index contributed by atoms with van der Waals surface area (Å²) in [5, 5.41) is 8.27. The van der Waals surface area contributed by atoms with E-state index in [-0.39, 0.29) is 11.0 Å². The van der Waals surface area contributed by atoms with Gasteiger partial charge >= 0.3 is 0 Å². The number of nitrogens with zero attached hydrogens (tertiary/aromatic N) is 4. The van der Waals surface area contributed by atoms with Crippen LogP contribution in [0.2, 0.25) is 5.15 Å². The highest BCUT2D eigenvalue weighted by Gasteiger charge is 2.02. The van der Waals surface area contributed by atoms with E-state index in [4.69, 9.17) is 17.3 Å². The van der Waals surface area contributed by atoms with Crippen LogP contribution in [0.4, 0.5) is 0 Å². The van der Waals surface area contributed by atoms with E-state index in [9.17, 15) is 0 Å². The first-order valence-corrected chi connectivity index (χ1v) is 5.95. The number of aromatic nitrogens is 2. The third-order valence-corrected chi connectivity index (χ3v) is 2.55. The van der Waals surface area contributed by atoms with Gasteiger partial charge in [0.2, 0.25) is 0 Å². The Morgan fingerprint density at radius 2 is 1.89 bits per heavy atom. The molecule has 0 atom stereocenters. The molecule has 0 unspecified atom stereocenters. The molecular formula is C13H12ClN5. The van der Waals surface area contributed by atoms with Crippen molar-refractivity contribution in [2.45, 2.75) is 6.92 Å². The molecule has 1 aromatic heterocycles. The zero-order valence-corrected chi connectivity index (χ0v) is 11.0. The average Bonchev–Trinajstić information content (AvgIpc) is 2.45. The average molecular weight is 274 g/mol. The van der Waals surface area contributed by atoms with Crippen LogP contribution in [0.1, 0.15) is 18.2 Å². The number of nitrogens with two attached hydrogens (primary N) is 1. The van der Waals surface area contributed by atoms with Gasteiger partial charge in [0.1, 0.15) is 10.8 Å². The summed E-state index contributed by atoms with van der Waals surface area (Å²) in [4.78, 5) is 7.89. The van der Waals surface area contributed by atoms with Crippen LogP contribution in [0, 0.1) is 0 Å². The van der Waals surface area contributed by atoms with Gasteiger partial charge in [0.25, 0.3) is 0 Å². The van der Waals surface area contributed by atoms with Crippen molar-refractivity contribution in [2.75, 3.05) is 0 Å². The predicted molar refractivity (Wildman–Crippen MR) is 76.4 cm³/mol. The zero-order valence-electron chi connectivity index (χ0n) is 10.3. The van der Waals surface area contributed by atoms with Crippen LogP contribution < -0.4 is 5.73 Å². The fourth-order valence-corrected chi connectivity index (χ4v) is 1.53. The van der Waals surface area contributed by atoms with E-state index in [0.717, 1.165) is 11.3 Å². The molecule has 0 aliphatic rings. The van der Waals surface area contributed by atoms with Crippen LogP contribution in [0.3, 0.4) is 0 Å². The first kappa shape index (κ1) is 13.2. The molecular weight excluding hydrogens is 262 g/mol. The Bertz CT molecular complexity index is 622. The molecule has 5 nitrogen and oxygen atoms in total. The van der Waals surface area contributed by atoms with Gasteiger partial charge in [0.15, 0.2) is 5.84 Å². The molecule has 19 heavy (non-hydrogen) atoms. The monoisotopic (exact) mass is 273 g/mol. The molecule has 0 fully saturated rings. The van der Waals surface area contributed by atoms with E-state index in [1.807, 2.05) is 37.3 Å². The van der Waals surface area contributed by atoms with Crippen LogP contribution in [0.5, 0.6) is 0 Å². The summed E-state index contributed by atoms with van der Waals surface area (Å²) in [6, 6.07) is 9.71. The van der Waals surface area contributed by atoms with Gasteiger partial charge in [-0.1, -0.05) is 41.9 Å². The van der Waals surface area contributed by atoms with Crippen molar-refractivity contribution >= 4 is 23.1 Å². The minimum atomic E-state index is 0.172. The highest BCUT2D eigenvalue weighted by Crippen LogP contribution is 2.04. The highest BCUT2D eigenvalue weighted by molar-refractivity contribution is 6.29. The van der Waals surface area contributed by atoms with Gasteiger partial charge in [0, 0.05) is 0 Å². The van der Waals surface area contributed by atoms with Gasteiger partial charge in [-0.3, -0.25) is 4.98 Å². The highest BCUT2D eigenvalue weighted by atomic mass is 35.5. The summed E-state index contributed by atoms with van der Waals surface area (Å²) in [7, 11) is 0. The van der Waals surface area contributed by atoms with Crippen molar-refractivity contribution in [1.82, 2.24) is 9.97 Å². The summed E-state index contributed by atoms with van der Waals surface area (Å²) >= 11 is 5.73. The van der Waals surface area contributed by atoms with Crippen molar-refractivity contribution in [3.63, 3.8) is 0 Å². The third-order valence-electron chi connectivity index (χ3n) is 2.37. The molecule has 1 heterocycles. The van der Waals surface area contributed by atoms with Gasteiger partial charge in [0.05, 0.1) is 18.1 Å². The number of benzene rings is 1. The molecule has 0 aliphatic heterocycles. The van der Waals surface area contributed by atoms with Crippen LogP contribution in [0.15, 0.2) is 52.9 Å². The molecule has 96 valence electrons. The number of hydrogen-bond acceptors (Lipinski definition) is 4. The lowest BCUT2D eigenvalue weighted by Gasteiger charge is -1.99. The maximum Gasteiger partial charge on any atom is 0.173 e. The molecule has 0 saturated heterocycles. The third kappa shape index (κ3) is 3.59. The molecule has 0 spiro atoms. The summed E-state index contributed by atoms with van der Waals surface area (Å²) in [6.45, 7) is 1.86. The van der Waals surface area contributed by atoms with Crippen molar-refractivity contribution < 1.29 is 0 Å². The van der Waals surface area contributed by atoms with E-state index in [0.29, 0.717) is 5.69 Å². The molecule has 2 rings (SSSR count). The van der Waals surface area contributed by atoms with Crippen molar-refractivity contribution in [3.05, 3.63) is 59.1 Å². The van der Waals surface area contributed by atoms with Crippen molar-refractivity contribution in [3.8, 4) is 0 Å². The molecule has 6 heteroatoms. The second-order valence-electron chi connectivity index (χ2n) is 3.76. The van der Waals surface area contributed by atoms with Gasteiger partial charge in [-0.25, -0.2) is 4.98 Å². The predicted octanol–water partition coefficient (Wildman–Crippen LogP) is 2.26. The van der Waals surface area contributed by atoms with E-state index >= 15 is 0 Å². The normalized spacial score (nSPS) is 12.5. The van der Waals surface area contributed by atoms with E-state index < -0.39 is 0 Å². The first-order chi connectivity index (χ1) is 9.16. The quantitative estimate of drug-likeness (QED) is 0.529. The van der Waals surface area contributed by atoms with E-state index in [2.05, 4.69) is 20.2 Å². The Hall–Kier alpha value is -2.27. The Balaban J connectivity index is 2.22. The number of hydrogen-bond donors (Lipinski definition) is 1. The maximum atomic E-state index is 5.77. The van der Waals surface area contributed by atoms with E-state index in [1.54, 1.807) is 0 Å². The second-order valence-corrected chi connectivity index (χ2v) is 4.15. The van der Waals surface area contributed by atoms with Gasteiger partial charge in [-0.05, 0) is 12.5 Å². The Morgan fingerprint density at radius 1 is 1.16 bits per heavy atom. The van der Waals surface area contributed by atoms with Crippen LogP contribution >= 0.6 is 11.6 Å². The fourth-order valence-electron chi connectivity index (χ4n) is 1.38. The molecule has 2 aromatic rings. The second kappa shape index (κ2) is 6.06. The number of halogens is 1. The Kier molecular flexibility index (Phi) is 4.20. The molecule has 0 saturated carbocycles. The molecule has 0 aliphatic carbocycles. The number of amidine groups is 1. The lowest BCUT2D eigenvalue weighted by Crippen LogP contribution is -2.15. The SMILES string of the molecule is C/C(=N/N=C(/N)c1cncc(Cl)n1)c1ccccc1. The zero-order chi connectivity index (χ0) is 13.7. The standard InChI is InChI=1S/C13H12ClN5/c1-9(10-5-3-2-4-6-10)18-19-13(15)11-7-16-8-12(14)17-11/h2-8H,1H3,(H2,15,19)/b18-9-. The summed E-state index contributed by atoms with van der Waals surface area (Å²) in [6.07, 6.45) is 2.91. The largest absolute Gasteiger partial charge is 0.380 e. The van der Waals surface area contributed by atoms with Crippen molar-refractivity contribution in [1.29, 1.82) is 0 Å². The molecule has 0 amide bonds. The lowest BCUT2D eigenvalue weighted by molar-refractivity contribution is 1.14. The molecule has 0 radical (unpaired) electrons. The topological polar surface area (TPSA) is 76.5 Å². The summed E-state index contributed by atoms with van der Waals surface area (Å²) in [5.74, 6) is 0.172. The summed E-state index contributed by atoms with van der Waals surface area (Å²) < 4.78 is 0. The first-order valence-electron chi connectivity index (χ1n) is 5.58. The van der Waals surface area contributed by atoms with Crippen LogP contribution in [-0.2, 0) is 0 Å². The van der Waals surface area contributed by atoms with Gasteiger partial charge in [-0.15, -0.1) is 5.10 Å². The molecule has 2 N–H and O–H groups in total. The van der Waals surface area contributed by atoms with E-state index in [1.165, 1.54) is 12.4 Å². The lowest BCUT2D eigenvalue weighted by atomic mass is 10.1. The van der Waals surface area contributed by atoms with Crippen molar-refractivity contribution in [2.24, 2.45) is 15.9 Å². The molecule has 0 bridgehead atoms. The van der Waals surface area contributed by atoms with Gasteiger partial charge in [-0.2, -0.15) is 5.10 Å². The minimum absolute atomic E-state index is 0.172. The van der Waals surface area contributed by atoms with Crippen LogP contribution in [0.25, 0.3) is 0 Å². The summed E-state index contributed by atoms with van der Waals surface area (Å²) in [5.41, 5.74) is 7.92. The van der Waals surface area contributed by atoms with Crippen LogP contribution in [-0.4, -0.2) is 21.5 Å². The Morgan fingerprint density at radius 3 is 2.58 bits per heavy atom. The van der Waals surface area contributed by atoms with Gasteiger partial charge < -0.3 is 5.73 Å². The maximum absolute atomic E-state index is 5.77. The number of rotatable bonds is 3. The molecule has 1 aromatic carbocycles. The minimum Gasteiger partial charge on any atom is -0.380 e. The fraction of sp³-hybridized carbons (Fsp3) is 0.0769.